The second kappa shape index (κ2) is 8.12. The lowest BCUT2D eigenvalue weighted by Crippen LogP contribution is -2.39. The van der Waals surface area contributed by atoms with Gasteiger partial charge >= 0.3 is 0 Å². The van der Waals surface area contributed by atoms with Gasteiger partial charge in [-0.2, -0.15) is 0 Å². The summed E-state index contributed by atoms with van der Waals surface area (Å²) in [5.74, 6) is 0.509. The van der Waals surface area contributed by atoms with E-state index in [0.717, 1.165) is 6.54 Å². The van der Waals surface area contributed by atoms with Crippen LogP contribution in [0.2, 0.25) is 0 Å². The molecule has 108 valence electrons. The van der Waals surface area contributed by atoms with Crippen molar-refractivity contribution in [1.82, 2.24) is 4.90 Å². The molecule has 0 heterocycles. The van der Waals surface area contributed by atoms with Gasteiger partial charge in [-0.3, -0.25) is 4.90 Å². The first-order valence-electron chi connectivity index (χ1n) is 7.14. The summed E-state index contributed by atoms with van der Waals surface area (Å²) >= 11 is 0. The van der Waals surface area contributed by atoms with E-state index in [1.165, 1.54) is 32.1 Å². The Labute approximate surface area is 111 Å². The molecule has 0 spiro atoms. The third-order valence-corrected chi connectivity index (χ3v) is 5.61. The third kappa shape index (κ3) is 5.67. The monoisotopic (exact) mass is 277 g/mol. The fourth-order valence-corrected chi connectivity index (χ4v) is 3.54. The lowest BCUT2D eigenvalue weighted by atomic mass is 9.94. The molecule has 0 bridgehead atoms. The molecule has 0 saturated heterocycles. The minimum Gasteiger partial charge on any atom is -0.395 e. The van der Waals surface area contributed by atoms with Gasteiger partial charge in [0.25, 0.3) is 0 Å². The molecule has 0 aromatic rings. The van der Waals surface area contributed by atoms with Crippen LogP contribution in [0.4, 0.5) is 0 Å². The van der Waals surface area contributed by atoms with Crippen LogP contribution in [0.15, 0.2) is 0 Å². The van der Waals surface area contributed by atoms with E-state index in [1.54, 1.807) is 6.92 Å². The molecule has 5 heteroatoms. The lowest BCUT2D eigenvalue weighted by molar-refractivity contribution is 0.124. The number of aliphatic hydroxyl groups is 1. The zero-order valence-electron chi connectivity index (χ0n) is 11.5. The molecule has 0 unspecified atom stereocenters. The second-order valence-corrected chi connectivity index (χ2v) is 7.61. The van der Waals surface area contributed by atoms with E-state index in [1.807, 2.05) is 0 Å². The number of sulfone groups is 1. The van der Waals surface area contributed by atoms with E-state index >= 15 is 0 Å². The van der Waals surface area contributed by atoms with E-state index in [4.69, 9.17) is 5.11 Å². The molecule has 1 fully saturated rings. The maximum Gasteiger partial charge on any atom is 0.150 e. The maximum atomic E-state index is 11.4. The first kappa shape index (κ1) is 15.9. The Morgan fingerprint density at radius 1 is 1.17 bits per heavy atom. The minimum absolute atomic E-state index is 0.164. The largest absolute Gasteiger partial charge is 0.395 e. The van der Waals surface area contributed by atoms with Crippen molar-refractivity contribution in [3.05, 3.63) is 0 Å². The Kier molecular flexibility index (Phi) is 7.19. The van der Waals surface area contributed by atoms with E-state index in [0.29, 0.717) is 19.0 Å². The van der Waals surface area contributed by atoms with Crippen molar-refractivity contribution in [1.29, 1.82) is 0 Å². The predicted molar refractivity (Wildman–Crippen MR) is 74.5 cm³/mol. The summed E-state index contributed by atoms with van der Waals surface area (Å²) in [5.41, 5.74) is 0. The van der Waals surface area contributed by atoms with Crippen LogP contribution in [0.5, 0.6) is 0 Å². The standard InChI is InChI=1S/C13H27NO3S/c1-2-18(16,17)12-6-9-14(10-11-15)13-7-4-3-5-8-13/h13,15H,2-12H2,1H3. The van der Waals surface area contributed by atoms with Crippen LogP contribution < -0.4 is 0 Å². The molecule has 4 nitrogen and oxygen atoms in total. The van der Waals surface area contributed by atoms with Gasteiger partial charge in [-0.05, 0) is 25.8 Å². The summed E-state index contributed by atoms with van der Waals surface area (Å²) in [7, 11) is -2.85. The van der Waals surface area contributed by atoms with Crippen molar-refractivity contribution < 1.29 is 13.5 Å². The van der Waals surface area contributed by atoms with Crippen molar-refractivity contribution in [2.75, 3.05) is 31.2 Å². The van der Waals surface area contributed by atoms with Crippen LogP contribution >= 0.6 is 0 Å². The summed E-state index contributed by atoms with van der Waals surface area (Å²) < 4.78 is 22.9. The third-order valence-electron chi connectivity index (χ3n) is 3.82. The molecule has 18 heavy (non-hydrogen) atoms. The van der Waals surface area contributed by atoms with Crippen LogP contribution in [0, 0.1) is 0 Å². The molecule has 0 atom stereocenters. The Bertz CT molecular complexity index is 310. The number of nitrogens with zero attached hydrogens (tertiary/aromatic N) is 1. The highest BCUT2D eigenvalue weighted by Crippen LogP contribution is 2.22. The molecule has 1 aliphatic carbocycles. The van der Waals surface area contributed by atoms with Gasteiger partial charge in [0.05, 0.1) is 12.4 Å². The lowest BCUT2D eigenvalue weighted by Gasteiger charge is -2.33. The van der Waals surface area contributed by atoms with Crippen LogP contribution in [-0.4, -0.2) is 55.7 Å². The zero-order chi connectivity index (χ0) is 13.4. The molecule has 1 N–H and O–H groups in total. The van der Waals surface area contributed by atoms with Gasteiger partial charge in [0.15, 0.2) is 0 Å². The molecule has 1 rings (SSSR count). The Morgan fingerprint density at radius 2 is 1.83 bits per heavy atom. The maximum absolute atomic E-state index is 11.4. The normalized spacial score (nSPS) is 18.4. The highest BCUT2D eigenvalue weighted by atomic mass is 32.2. The SMILES string of the molecule is CCS(=O)(=O)CCCN(CCO)C1CCCCC1. The minimum atomic E-state index is -2.85. The van der Waals surface area contributed by atoms with E-state index in [9.17, 15) is 8.42 Å². The Balaban J connectivity index is 2.37. The number of hydrogen-bond donors (Lipinski definition) is 1. The number of rotatable bonds is 8. The van der Waals surface area contributed by atoms with Crippen LogP contribution in [0.25, 0.3) is 0 Å². The first-order valence-corrected chi connectivity index (χ1v) is 8.96. The highest BCUT2D eigenvalue weighted by molar-refractivity contribution is 7.91. The van der Waals surface area contributed by atoms with E-state index < -0.39 is 9.84 Å². The molecule has 1 aliphatic rings. The van der Waals surface area contributed by atoms with Crippen LogP contribution in [0.1, 0.15) is 45.4 Å². The summed E-state index contributed by atoms with van der Waals surface area (Å²) in [5, 5.41) is 9.11. The van der Waals surface area contributed by atoms with Gasteiger partial charge in [-0.1, -0.05) is 26.2 Å². The van der Waals surface area contributed by atoms with Crippen molar-refractivity contribution in [2.45, 2.75) is 51.5 Å². The van der Waals surface area contributed by atoms with Crippen molar-refractivity contribution >= 4 is 9.84 Å². The molecule has 1 saturated carbocycles. The van der Waals surface area contributed by atoms with Gasteiger partial charge in [0, 0.05) is 18.3 Å². The summed E-state index contributed by atoms with van der Waals surface area (Å²) in [6, 6.07) is 0.551. The molecule has 0 radical (unpaired) electrons. The zero-order valence-corrected chi connectivity index (χ0v) is 12.3. The fourth-order valence-electron chi connectivity index (χ4n) is 2.68. The van der Waals surface area contributed by atoms with E-state index in [2.05, 4.69) is 4.90 Å². The van der Waals surface area contributed by atoms with Crippen molar-refractivity contribution in [3.8, 4) is 0 Å². The topological polar surface area (TPSA) is 57.6 Å². The molecule has 0 aliphatic heterocycles. The number of aliphatic hydroxyl groups excluding tert-OH is 1. The number of hydrogen-bond acceptors (Lipinski definition) is 4. The molecular weight excluding hydrogens is 250 g/mol. The van der Waals surface area contributed by atoms with Gasteiger partial charge in [-0.15, -0.1) is 0 Å². The van der Waals surface area contributed by atoms with Gasteiger partial charge in [0.1, 0.15) is 9.84 Å². The van der Waals surface area contributed by atoms with Gasteiger partial charge < -0.3 is 5.11 Å². The summed E-state index contributed by atoms with van der Waals surface area (Å²) in [6.45, 7) is 3.33. The van der Waals surface area contributed by atoms with Gasteiger partial charge in [0.2, 0.25) is 0 Å². The summed E-state index contributed by atoms with van der Waals surface area (Å²) in [6.07, 6.45) is 6.92. The predicted octanol–water partition coefficient (Wildman–Crippen LogP) is 1.44. The molecule has 0 aromatic heterocycles. The first-order chi connectivity index (χ1) is 8.59. The Morgan fingerprint density at radius 3 is 2.39 bits per heavy atom. The van der Waals surface area contributed by atoms with Crippen molar-refractivity contribution in [3.63, 3.8) is 0 Å². The smallest absolute Gasteiger partial charge is 0.150 e. The molecular formula is C13H27NO3S. The summed E-state index contributed by atoms with van der Waals surface area (Å²) in [4.78, 5) is 2.28. The average Bonchev–Trinajstić information content (AvgIpc) is 2.39. The second-order valence-electron chi connectivity index (χ2n) is 5.14. The molecule has 0 aromatic carbocycles. The quantitative estimate of drug-likeness (QED) is 0.729. The van der Waals surface area contributed by atoms with Gasteiger partial charge in [-0.25, -0.2) is 8.42 Å². The molecule has 0 amide bonds. The highest BCUT2D eigenvalue weighted by Gasteiger charge is 2.20. The van der Waals surface area contributed by atoms with Crippen molar-refractivity contribution in [2.24, 2.45) is 0 Å². The fraction of sp³-hybridized carbons (Fsp3) is 1.00. The average molecular weight is 277 g/mol. The van der Waals surface area contributed by atoms with Crippen LogP contribution in [0.3, 0.4) is 0 Å². The van der Waals surface area contributed by atoms with Crippen LogP contribution in [-0.2, 0) is 9.84 Å². The Hall–Kier alpha value is -0.130. The van der Waals surface area contributed by atoms with E-state index in [-0.39, 0.29) is 18.1 Å².